The first-order chi connectivity index (χ1) is 11.8. The van der Waals surface area contributed by atoms with E-state index in [9.17, 15) is 9.18 Å². The van der Waals surface area contributed by atoms with Gasteiger partial charge < -0.3 is 10.1 Å². The molecule has 132 valence electrons. The predicted octanol–water partition coefficient (Wildman–Crippen LogP) is 3.57. The molecule has 0 aliphatic heterocycles. The zero-order chi connectivity index (χ0) is 18.4. The molecule has 0 heterocycles. The maximum atomic E-state index is 12.8. The molecule has 1 atom stereocenters. The first kappa shape index (κ1) is 19.0. The third kappa shape index (κ3) is 5.88. The van der Waals surface area contributed by atoms with Crippen LogP contribution in [0.15, 0.2) is 42.5 Å². The zero-order valence-electron chi connectivity index (χ0n) is 13.6. The first-order valence-electron chi connectivity index (χ1n) is 7.40. The number of amides is 1. The van der Waals surface area contributed by atoms with E-state index in [2.05, 4.69) is 16.2 Å². The number of anilines is 1. The Labute approximate surface area is 155 Å². The highest BCUT2D eigenvalue weighted by Gasteiger charge is 2.14. The highest BCUT2D eigenvalue weighted by atomic mass is 35.5. The van der Waals surface area contributed by atoms with Gasteiger partial charge in [0.25, 0.3) is 5.91 Å². The highest BCUT2D eigenvalue weighted by Crippen LogP contribution is 2.19. The Balaban J connectivity index is 1.80. The van der Waals surface area contributed by atoms with Crippen LogP contribution in [0.25, 0.3) is 0 Å². The van der Waals surface area contributed by atoms with Crippen molar-refractivity contribution in [2.75, 3.05) is 5.32 Å². The molecule has 2 aromatic carbocycles. The molecule has 25 heavy (non-hydrogen) atoms. The van der Waals surface area contributed by atoms with Gasteiger partial charge in [0, 0.05) is 10.7 Å². The summed E-state index contributed by atoms with van der Waals surface area (Å²) in [5.41, 5.74) is 6.66. The van der Waals surface area contributed by atoms with Crippen LogP contribution >= 0.6 is 23.8 Å². The van der Waals surface area contributed by atoms with Gasteiger partial charge in [-0.3, -0.25) is 15.6 Å². The predicted molar refractivity (Wildman–Crippen MR) is 100 cm³/mol. The summed E-state index contributed by atoms with van der Waals surface area (Å²) in [6.07, 6.45) is -0.797. The number of aryl methyl sites for hydroxylation is 1. The Morgan fingerprint density at radius 3 is 2.52 bits per heavy atom. The minimum Gasteiger partial charge on any atom is -0.481 e. The average molecular weight is 382 g/mol. The van der Waals surface area contributed by atoms with Crippen LogP contribution < -0.4 is 20.9 Å². The molecule has 2 rings (SSSR count). The first-order valence-corrected chi connectivity index (χ1v) is 8.19. The zero-order valence-corrected chi connectivity index (χ0v) is 15.2. The number of rotatable bonds is 4. The fourth-order valence-corrected chi connectivity index (χ4v) is 2.17. The minimum atomic E-state index is -0.797. The SMILES string of the molecule is Cc1ccc(NC(=S)NNC(=O)[C@@H](C)Oc2ccc(F)cc2)cc1Cl. The van der Waals surface area contributed by atoms with Crippen LogP contribution in [-0.2, 0) is 4.79 Å². The average Bonchev–Trinajstić information content (AvgIpc) is 2.58. The molecule has 0 spiro atoms. The quantitative estimate of drug-likeness (QED) is 0.558. The van der Waals surface area contributed by atoms with Gasteiger partial charge >= 0.3 is 0 Å². The molecule has 1 amide bonds. The Kier molecular flexibility index (Phi) is 6.55. The molecule has 0 fully saturated rings. The van der Waals surface area contributed by atoms with Crippen molar-refractivity contribution in [3.05, 3.63) is 58.9 Å². The molecule has 0 saturated carbocycles. The van der Waals surface area contributed by atoms with Gasteiger partial charge in [0.2, 0.25) is 0 Å². The van der Waals surface area contributed by atoms with Crippen molar-refractivity contribution >= 4 is 40.5 Å². The third-order valence-corrected chi connectivity index (χ3v) is 3.84. The molecular formula is C17H17ClFN3O2S. The topological polar surface area (TPSA) is 62.4 Å². The normalized spacial score (nSPS) is 11.4. The van der Waals surface area contributed by atoms with Crippen LogP contribution in [0.5, 0.6) is 5.75 Å². The summed E-state index contributed by atoms with van der Waals surface area (Å²) in [5, 5.41) is 3.70. The standard InChI is InChI=1S/C17H17ClFN3O2S/c1-10-3-6-13(9-15(10)18)20-17(25)22-21-16(23)11(2)24-14-7-4-12(19)5-8-14/h3-9,11H,1-2H3,(H,21,23)(H2,20,22,25)/t11-/m1/s1. The Morgan fingerprint density at radius 2 is 1.88 bits per heavy atom. The number of benzene rings is 2. The second-order valence-corrected chi connectivity index (χ2v) is 6.06. The lowest BCUT2D eigenvalue weighted by molar-refractivity contribution is -0.127. The van der Waals surface area contributed by atoms with E-state index in [1.54, 1.807) is 13.0 Å². The molecule has 5 nitrogen and oxygen atoms in total. The van der Waals surface area contributed by atoms with Gasteiger partial charge in [-0.25, -0.2) is 4.39 Å². The largest absolute Gasteiger partial charge is 0.481 e. The summed E-state index contributed by atoms with van der Waals surface area (Å²) in [6.45, 7) is 3.46. The highest BCUT2D eigenvalue weighted by molar-refractivity contribution is 7.80. The van der Waals surface area contributed by atoms with E-state index in [-0.39, 0.29) is 10.9 Å². The Morgan fingerprint density at radius 1 is 1.20 bits per heavy atom. The van der Waals surface area contributed by atoms with E-state index < -0.39 is 12.0 Å². The summed E-state index contributed by atoms with van der Waals surface area (Å²) < 4.78 is 18.3. The molecule has 0 saturated heterocycles. The summed E-state index contributed by atoms with van der Waals surface area (Å²) in [4.78, 5) is 12.0. The van der Waals surface area contributed by atoms with Crippen LogP contribution in [0.1, 0.15) is 12.5 Å². The molecule has 8 heteroatoms. The maximum Gasteiger partial charge on any atom is 0.279 e. The number of thiocarbonyl (C=S) groups is 1. The molecular weight excluding hydrogens is 365 g/mol. The van der Waals surface area contributed by atoms with Crippen LogP contribution in [0, 0.1) is 12.7 Å². The van der Waals surface area contributed by atoms with Crippen molar-refractivity contribution < 1.29 is 13.9 Å². The van der Waals surface area contributed by atoms with Gasteiger partial charge in [-0.1, -0.05) is 17.7 Å². The molecule has 3 N–H and O–H groups in total. The van der Waals surface area contributed by atoms with Crippen LogP contribution in [0.3, 0.4) is 0 Å². The third-order valence-electron chi connectivity index (χ3n) is 3.22. The van der Waals surface area contributed by atoms with E-state index in [1.807, 2.05) is 19.1 Å². The lowest BCUT2D eigenvalue weighted by Gasteiger charge is -2.16. The molecule has 0 radical (unpaired) electrons. The van der Waals surface area contributed by atoms with Crippen molar-refractivity contribution in [2.45, 2.75) is 20.0 Å². The van der Waals surface area contributed by atoms with Gasteiger partial charge in [-0.05, 0) is 68.0 Å². The van der Waals surface area contributed by atoms with Crippen molar-refractivity contribution in [1.82, 2.24) is 10.9 Å². The van der Waals surface area contributed by atoms with E-state index in [0.29, 0.717) is 16.5 Å². The van der Waals surface area contributed by atoms with Crippen molar-refractivity contribution in [3.8, 4) is 5.75 Å². The molecule has 0 aromatic heterocycles. The number of ether oxygens (including phenoxy) is 1. The minimum absolute atomic E-state index is 0.197. The van der Waals surface area contributed by atoms with E-state index in [4.69, 9.17) is 28.6 Å². The van der Waals surface area contributed by atoms with Crippen molar-refractivity contribution in [2.24, 2.45) is 0 Å². The number of nitrogens with one attached hydrogen (secondary N) is 3. The molecule has 2 aromatic rings. The summed E-state index contributed by atoms with van der Waals surface area (Å²) in [6, 6.07) is 10.8. The Hall–Kier alpha value is -2.38. The van der Waals surface area contributed by atoms with Gasteiger partial charge in [0.1, 0.15) is 11.6 Å². The van der Waals surface area contributed by atoms with Gasteiger partial charge in [0.15, 0.2) is 11.2 Å². The lowest BCUT2D eigenvalue weighted by atomic mass is 10.2. The van der Waals surface area contributed by atoms with Crippen LogP contribution in [0.4, 0.5) is 10.1 Å². The van der Waals surface area contributed by atoms with E-state index >= 15 is 0 Å². The fourth-order valence-electron chi connectivity index (χ4n) is 1.82. The monoisotopic (exact) mass is 381 g/mol. The van der Waals surface area contributed by atoms with Crippen molar-refractivity contribution in [1.29, 1.82) is 0 Å². The number of carbonyl (C=O) groups is 1. The van der Waals surface area contributed by atoms with Gasteiger partial charge in [-0.2, -0.15) is 0 Å². The summed E-state index contributed by atoms with van der Waals surface area (Å²) in [7, 11) is 0. The number of hydrazine groups is 1. The van der Waals surface area contributed by atoms with Crippen molar-refractivity contribution in [3.63, 3.8) is 0 Å². The van der Waals surface area contributed by atoms with E-state index in [0.717, 1.165) is 5.56 Å². The summed E-state index contributed by atoms with van der Waals surface area (Å²) >= 11 is 11.1. The molecule has 0 unspecified atom stereocenters. The maximum absolute atomic E-state index is 12.8. The molecule has 0 bridgehead atoms. The van der Waals surface area contributed by atoms with Gasteiger partial charge in [0.05, 0.1) is 0 Å². The fraction of sp³-hybridized carbons (Fsp3) is 0.176. The lowest BCUT2D eigenvalue weighted by Crippen LogP contribution is -2.48. The molecule has 0 aliphatic carbocycles. The molecule has 0 aliphatic rings. The number of halogens is 2. The number of carbonyl (C=O) groups excluding carboxylic acids is 1. The Bertz CT molecular complexity index is 771. The smallest absolute Gasteiger partial charge is 0.279 e. The second-order valence-electron chi connectivity index (χ2n) is 5.25. The van der Waals surface area contributed by atoms with Crippen LogP contribution in [-0.4, -0.2) is 17.1 Å². The van der Waals surface area contributed by atoms with Gasteiger partial charge in [-0.15, -0.1) is 0 Å². The number of hydrogen-bond acceptors (Lipinski definition) is 3. The van der Waals surface area contributed by atoms with Crippen LogP contribution in [0.2, 0.25) is 5.02 Å². The summed E-state index contributed by atoms with van der Waals surface area (Å²) in [5.74, 6) is -0.423. The van der Waals surface area contributed by atoms with E-state index in [1.165, 1.54) is 24.3 Å². The number of hydrogen-bond donors (Lipinski definition) is 3. The second kappa shape index (κ2) is 8.64.